The maximum atomic E-state index is 5.02. The van der Waals surface area contributed by atoms with E-state index in [0.717, 1.165) is 44.3 Å². The topological polar surface area (TPSA) is 53.2 Å². The smallest absolute Gasteiger partial charge is 0.103 e. The Morgan fingerprint density at radius 1 is 1.50 bits per heavy atom. The van der Waals surface area contributed by atoms with Gasteiger partial charge in [0.15, 0.2) is 0 Å². The molecule has 0 aliphatic heterocycles. The first-order valence-electron chi connectivity index (χ1n) is 5.61. The molecule has 0 radical (unpaired) electrons. The largest absolute Gasteiger partial charge is 0.383 e. The summed E-state index contributed by atoms with van der Waals surface area (Å²) in [6, 6.07) is 0. The van der Waals surface area contributed by atoms with Crippen molar-refractivity contribution in [1.82, 2.24) is 20.2 Å². The zero-order valence-electron chi connectivity index (χ0n) is 10.4. The highest BCUT2D eigenvalue weighted by Gasteiger charge is 1.98. The van der Waals surface area contributed by atoms with Crippen molar-refractivity contribution >= 4 is 0 Å². The van der Waals surface area contributed by atoms with Gasteiger partial charge in [0.05, 0.1) is 6.61 Å². The van der Waals surface area contributed by atoms with Gasteiger partial charge in [0.2, 0.25) is 0 Å². The van der Waals surface area contributed by atoms with Gasteiger partial charge in [-0.05, 0) is 14.0 Å². The fraction of sp³-hybridized carbons (Fsp3) is 0.727. The molecule has 0 saturated heterocycles. The lowest BCUT2D eigenvalue weighted by atomic mass is 10.4. The summed E-state index contributed by atoms with van der Waals surface area (Å²) in [5.74, 6) is 0.967. The molecular weight excluding hydrogens is 204 g/mol. The van der Waals surface area contributed by atoms with Crippen molar-refractivity contribution in [2.24, 2.45) is 0 Å². The average Bonchev–Trinajstić information content (AvgIpc) is 2.67. The molecule has 0 atom stereocenters. The van der Waals surface area contributed by atoms with Crippen LogP contribution in [0, 0.1) is 6.92 Å². The summed E-state index contributed by atoms with van der Waals surface area (Å²) in [5.41, 5.74) is 1.14. The van der Waals surface area contributed by atoms with Crippen LogP contribution in [-0.2, 0) is 11.3 Å². The molecule has 0 saturated carbocycles. The van der Waals surface area contributed by atoms with Crippen molar-refractivity contribution < 1.29 is 4.74 Å². The number of imidazole rings is 1. The van der Waals surface area contributed by atoms with Gasteiger partial charge in [0.1, 0.15) is 5.82 Å². The molecule has 1 aromatic heterocycles. The van der Waals surface area contributed by atoms with Crippen LogP contribution in [0.25, 0.3) is 0 Å². The van der Waals surface area contributed by atoms with Crippen molar-refractivity contribution in [2.75, 3.05) is 40.4 Å². The van der Waals surface area contributed by atoms with E-state index in [1.165, 1.54) is 0 Å². The molecule has 0 spiro atoms. The second-order valence-corrected chi connectivity index (χ2v) is 3.97. The van der Waals surface area contributed by atoms with Crippen LogP contribution in [0.2, 0.25) is 0 Å². The lowest BCUT2D eigenvalue weighted by Gasteiger charge is -2.15. The standard InChI is InChI=1S/C11H22N4O/c1-10-13-9-11(14-10)8-12-4-5-15(2)6-7-16-3/h9,12H,4-8H2,1-3H3,(H,13,14). The van der Waals surface area contributed by atoms with Gasteiger partial charge >= 0.3 is 0 Å². The fourth-order valence-electron chi connectivity index (χ4n) is 1.41. The first-order valence-corrected chi connectivity index (χ1v) is 5.61. The molecule has 0 fully saturated rings. The molecule has 0 aromatic carbocycles. The maximum Gasteiger partial charge on any atom is 0.103 e. The van der Waals surface area contributed by atoms with E-state index in [1.54, 1.807) is 7.11 Å². The lowest BCUT2D eigenvalue weighted by molar-refractivity contribution is 0.161. The maximum absolute atomic E-state index is 5.02. The molecular formula is C11H22N4O. The van der Waals surface area contributed by atoms with Gasteiger partial charge < -0.3 is 19.9 Å². The van der Waals surface area contributed by atoms with Crippen LogP contribution in [0.3, 0.4) is 0 Å². The van der Waals surface area contributed by atoms with Crippen molar-refractivity contribution in [2.45, 2.75) is 13.5 Å². The van der Waals surface area contributed by atoms with Crippen LogP contribution >= 0.6 is 0 Å². The molecule has 1 aromatic rings. The van der Waals surface area contributed by atoms with Crippen LogP contribution < -0.4 is 5.32 Å². The molecule has 16 heavy (non-hydrogen) atoms. The minimum atomic E-state index is 0.788. The first kappa shape index (κ1) is 13.2. The molecule has 1 heterocycles. The van der Waals surface area contributed by atoms with E-state index in [2.05, 4.69) is 27.2 Å². The van der Waals surface area contributed by atoms with Gasteiger partial charge in [-0.25, -0.2) is 4.98 Å². The number of hydrogen-bond donors (Lipinski definition) is 2. The molecule has 2 N–H and O–H groups in total. The summed E-state index contributed by atoms with van der Waals surface area (Å²) in [6.07, 6.45) is 1.87. The highest BCUT2D eigenvalue weighted by Crippen LogP contribution is 1.94. The Kier molecular flexibility index (Phi) is 6.07. The highest BCUT2D eigenvalue weighted by molar-refractivity contribution is 4.99. The van der Waals surface area contributed by atoms with Crippen molar-refractivity contribution in [3.05, 3.63) is 17.7 Å². The third-order valence-corrected chi connectivity index (χ3v) is 2.42. The van der Waals surface area contributed by atoms with E-state index in [4.69, 9.17) is 4.74 Å². The summed E-state index contributed by atoms with van der Waals surface area (Å²) in [6.45, 7) is 6.56. The molecule has 0 aliphatic carbocycles. The summed E-state index contributed by atoms with van der Waals surface area (Å²) in [5, 5.41) is 3.37. The molecule has 0 amide bonds. The van der Waals surface area contributed by atoms with Crippen LogP contribution in [0.5, 0.6) is 0 Å². The molecule has 92 valence electrons. The van der Waals surface area contributed by atoms with Crippen molar-refractivity contribution in [1.29, 1.82) is 0 Å². The molecule has 0 bridgehead atoms. The van der Waals surface area contributed by atoms with Crippen LogP contribution in [0.4, 0.5) is 0 Å². The van der Waals surface area contributed by atoms with E-state index in [1.807, 2.05) is 13.1 Å². The minimum Gasteiger partial charge on any atom is -0.383 e. The third kappa shape index (κ3) is 5.25. The third-order valence-electron chi connectivity index (χ3n) is 2.42. The fourth-order valence-corrected chi connectivity index (χ4v) is 1.41. The monoisotopic (exact) mass is 226 g/mol. The summed E-state index contributed by atoms with van der Waals surface area (Å²) >= 11 is 0. The number of hydrogen-bond acceptors (Lipinski definition) is 4. The predicted molar refractivity (Wildman–Crippen MR) is 64.4 cm³/mol. The Bertz CT molecular complexity index is 287. The number of nitrogens with zero attached hydrogens (tertiary/aromatic N) is 2. The molecule has 1 rings (SSSR count). The highest BCUT2D eigenvalue weighted by atomic mass is 16.5. The van der Waals surface area contributed by atoms with Gasteiger partial charge in [-0.3, -0.25) is 0 Å². The molecule has 0 unspecified atom stereocenters. The zero-order valence-corrected chi connectivity index (χ0v) is 10.4. The number of methoxy groups -OCH3 is 1. The van der Waals surface area contributed by atoms with Gasteiger partial charge in [-0.15, -0.1) is 0 Å². The second-order valence-electron chi connectivity index (χ2n) is 3.97. The predicted octanol–water partition coefficient (Wildman–Crippen LogP) is 0.386. The Balaban J connectivity index is 2.03. The second kappa shape index (κ2) is 7.38. The van der Waals surface area contributed by atoms with E-state index in [0.29, 0.717) is 0 Å². The lowest BCUT2D eigenvalue weighted by Crippen LogP contribution is -2.31. The summed E-state index contributed by atoms with van der Waals surface area (Å²) < 4.78 is 5.02. The number of rotatable bonds is 8. The number of H-pyrrole nitrogens is 1. The number of ether oxygens (including phenoxy) is 1. The van der Waals surface area contributed by atoms with E-state index in [-0.39, 0.29) is 0 Å². The summed E-state index contributed by atoms with van der Waals surface area (Å²) in [4.78, 5) is 9.58. The number of aryl methyl sites for hydroxylation is 1. The first-order chi connectivity index (χ1) is 7.72. The normalized spacial score (nSPS) is 11.2. The molecule has 5 nitrogen and oxygen atoms in total. The van der Waals surface area contributed by atoms with Crippen molar-refractivity contribution in [3.8, 4) is 0 Å². The number of aromatic amines is 1. The van der Waals surface area contributed by atoms with E-state index >= 15 is 0 Å². The molecule has 0 aliphatic rings. The van der Waals surface area contributed by atoms with Gasteiger partial charge in [0, 0.05) is 45.2 Å². The SMILES string of the molecule is COCCN(C)CCNCc1cnc(C)[nH]1. The van der Waals surface area contributed by atoms with Gasteiger partial charge in [0.25, 0.3) is 0 Å². The number of likely N-dealkylation sites (N-methyl/N-ethyl adjacent to an activating group) is 1. The van der Waals surface area contributed by atoms with Gasteiger partial charge in [-0.1, -0.05) is 0 Å². The average molecular weight is 226 g/mol. The Hall–Kier alpha value is -0.910. The Labute approximate surface area is 97.2 Å². The quantitative estimate of drug-likeness (QED) is 0.630. The summed E-state index contributed by atoms with van der Waals surface area (Å²) in [7, 11) is 3.83. The Morgan fingerprint density at radius 3 is 2.94 bits per heavy atom. The molecule has 5 heteroatoms. The van der Waals surface area contributed by atoms with Crippen LogP contribution in [0.15, 0.2) is 6.20 Å². The van der Waals surface area contributed by atoms with E-state index < -0.39 is 0 Å². The minimum absolute atomic E-state index is 0.788. The van der Waals surface area contributed by atoms with Crippen LogP contribution in [-0.4, -0.2) is 55.3 Å². The van der Waals surface area contributed by atoms with E-state index in [9.17, 15) is 0 Å². The van der Waals surface area contributed by atoms with Gasteiger partial charge in [-0.2, -0.15) is 0 Å². The Morgan fingerprint density at radius 2 is 2.31 bits per heavy atom. The zero-order chi connectivity index (χ0) is 11.8. The van der Waals surface area contributed by atoms with Crippen LogP contribution in [0.1, 0.15) is 11.5 Å². The number of nitrogens with one attached hydrogen (secondary N) is 2. The number of aromatic nitrogens is 2. The van der Waals surface area contributed by atoms with Crippen molar-refractivity contribution in [3.63, 3.8) is 0 Å².